The number of nitrogens with one attached hydrogen (secondary N) is 1. The molecule has 0 bridgehead atoms. The van der Waals surface area contributed by atoms with Gasteiger partial charge in [-0.15, -0.1) is 0 Å². The maximum Gasteiger partial charge on any atom is 0.141 e. The minimum absolute atomic E-state index is 0.0917. The fourth-order valence-electron chi connectivity index (χ4n) is 2.03. The van der Waals surface area contributed by atoms with Gasteiger partial charge in [0.1, 0.15) is 5.75 Å². The number of aromatic hydroxyl groups is 1. The van der Waals surface area contributed by atoms with E-state index in [1.165, 1.54) is 12.8 Å². The van der Waals surface area contributed by atoms with E-state index in [1.807, 2.05) is 11.8 Å². The summed E-state index contributed by atoms with van der Waals surface area (Å²) in [7, 11) is 0. The maximum atomic E-state index is 9.99. The molecule has 1 aromatic rings. The number of aliphatic hydroxyl groups is 1. The Morgan fingerprint density at radius 1 is 1.50 bits per heavy atom. The highest BCUT2D eigenvalue weighted by molar-refractivity contribution is 8.00. The van der Waals surface area contributed by atoms with E-state index in [9.17, 15) is 10.2 Å². The summed E-state index contributed by atoms with van der Waals surface area (Å²) in [5, 5.41) is 22.6. The smallest absolute Gasteiger partial charge is 0.141 e. The number of thioether (sulfide) groups is 1. The summed E-state index contributed by atoms with van der Waals surface area (Å²) < 4.78 is 0.400. The first-order chi connectivity index (χ1) is 8.62. The molecule has 1 fully saturated rings. The molecule has 4 nitrogen and oxygen atoms in total. The van der Waals surface area contributed by atoms with Gasteiger partial charge in [-0.05, 0) is 26.0 Å². The average molecular weight is 268 g/mol. The highest BCUT2D eigenvalue weighted by Gasteiger charge is 2.41. The number of pyridine rings is 1. The summed E-state index contributed by atoms with van der Waals surface area (Å²) in [4.78, 5) is 4.05. The fraction of sp³-hybridized carbons (Fsp3) is 0.615. The zero-order valence-electron chi connectivity index (χ0n) is 10.9. The molecule has 100 valence electrons. The Labute approximate surface area is 112 Å². The van der Waals surface area contributed by atoms with Gasteiger partial charge in [0, 0.05) is 35.2 Å². The summed E-state index contributed by atoms with van der Waals surface area (Å²) in [5.41, 5.74) is 2.07. The number of hydrogen-bond donors (Lipinski definition) is 3. The third-order valence-corrected chi connectivity index (χ3v) is 5.01. The van der Waals surface area contributed by atoms with Crippen molar-refractivity contribution < 1.29 is 10.2 Å². The van der Waals surface area contributed by atoms with Crippen molar-refractivity contribution in [1.82, 2.24) is 10.3 Å². The molecule has 18 heavy (non-hydrogen) atoms. The van der Waals surface area contributed by atoms with E-state index in [4.69, 9.17) is 0 Å². The molecule has 1 aliphatic rings. The highest BCUT2D eigenvalue weighted by Crippen LogP contribution is 2.46. The Bertz CT molecular complexity index is 433. The van der Waals surface area contributed by atoms with E-state index >= 15 is 0 Å². The Balaban J connectivity index is 2.02. The van der Waals surface area contributed by atoms with Crippen molar-refractivity contribution in [3.8, 4) is 5.75 Å². The molecule has 0 aliphatic heterocycles. The van der Waals surface area contributed by atoms with Crippen molar-refractivity contribution in [2.24, 2.45) is 0 Å². The molecule has 1 aliphatic carbocycles. The van der Waals surface area contributed by atoms with Crippen LogP contribution in [0.4, 0.5) is 0 Å². The van der Waals surface area contributed by atoms with Gasteiger partial charge in [-0.25, -0.2) is 0 Å². The molecule has 0 saturated heterocycles. The Kier molecular flexibility index (Phi) is 4.14. The fourth-order valence-corrected chi connectivity index (χ4v) is 2.78. The second-order valence-electron chi connectivity index (χ2n) is 4.84. The molecule has 0 unspecified atom stereocenters. The molecular weight excluding hydrogens is 248 g/mol. The molecule has 0 atom stereocenters. The van der Waals surface area contributed by atoms with Crippen LogP contribution in [-0.2, 0) is 13.2 Å². The standard InChI is InChI=1S/C13H20N2O2S/c1-9-12(17)11(10(7-16)5-15-9)6-14-8-13(18-2)3-4-13/h5,14,16-17H,3-4,6-8H2,1-2H3. The Hall–Kier alpha value is -0.780. The summed E-state index contributed by atoms with van der Waals surface area (Å²) in [6.07, 6.45) is 6.29. The van der Waals surface area contributed by atoms with Crippen molar-refractivity contribution >= 4 is 11.8 Å². The molecule has 1 heterocycles. The van der Waals surface area contributed by atoms with Crippen molar-refractivity contribution in [3.05, 3.63) is 23.0 Å². The SMILES string of the molecule is CSC1(CNCc2c(CO)cnc(C)c2O)CC1. The van der Waals surface area contributed by atoms with E-state index in [1.54, 1.807) is 13.1 Å². The van der Waals surface area contributed by atoms with Crippen LogP contribution in [0.5, 0.6) is 5.75 Å². The second kappa shape index (κ2) is 5.47. The van der Waals surface area contributed by atoms with Gasteiger partial charge in [-0.1, -0.05) is 0 Å². The number of hydrogen-bond acceptors (Lipinski definition) is 5. The summed E-state index contributed by atoms with van der Waals surface area (Å²) in [6.45, 7) is 3.20. The van der Waals surface area contributed by atoms with E-state index in [2.05, 4.69) is 16.6 Å². The molecule has 2 rings (SSSR count). The minimum atomic E-state index is -0.0917. The molecule has 1 saturated carbocycles. The lowest BCUT2D eigenvalue weighted by atomic mass is 10.1. The zero-order valence-corrected chi connectivity index (χ0v) is 11.7. The number of aryl methyl sites for hydroxylation is 1. The van der Waals surface area contributed by atoms with Crippen LogP contribution in [0, 0.1) is 6.92 Å². The molecule has 0 radical (unpaired) electrons. The molecule has 0 aromatic carbocycles. The quantitative estimate of drug-likeness (QED) is 0.731. The van der Waals surface area contributed by atoms with E-state index in [0.29, 0.717) is 22.5 Å². The van der Waals surface area contributed by atoms with Crippen LogP contribution in [0.1, 0.15) is 29.7 Å². The van der Waals surface area contributed by atoms with Crippen LogP contribution in [-0.4, -0.2) is 32.7 Å². The van der Waals surface area contributed by atoms with Crippen LogP contribution in [0.3, 0.4) is 0 Å². The average Bonchev–Trinajstić information content (AvgIpc) is 3.15. The Morgan fingerprint density at radius 2 is 2.22 bits per heavy atom. The molecule has 5 heteroatoms. The van der Waals surface area contributed by atoms with Crippen molar-refractivity contribution in [2.75, 3.05) is 12.8 Å². The van der Waals surface area contributed by atoms with Crippen LogP contribution in [0.15, 0.2) is 6.20 Å². The summed E-state index contributed by atoms with van der Waals surface area (Å²) in [5.74, 6) is 0.197. The van der Waals surface area contributed by atoms with E-state index in [-0.39, 0.29) is 12.4 Å². The van der Waals surface area contributed by atoms with Crippen molar-refractivity contribution in [2.45, 2.75) is 37.7 Å². The first-order valence-corrected chi connectivity index (χ1v) is 7.37. The Morgan fingerprint density at radius 3 is 2.78 bits per heavy atom. The third kappa shape index (κ3) is 2.79. The number of rotatable bonds is 6. The van der Waals surface area contributed by atoms with Gasteiger partial charge in [0.25, 0.3) is 0 Å². The van der Waals surface area contributed by atoms with Gasteiger partial charge in [0.2, 0.25) is 0 Å². The topological polar surface area (TPSA) is 65.4 Å². The number of aromatic nitrogens is 1. The van der Waals surface area contributed by atoms with Gasteiger partial charge in [0.15, 0.2) is 0 Å². The van der Waals surface area contributed by atoms with Gasteiger partial charge in [-0.3, -0.25) is 4.98 Å². The highest BCUT2D eigenvalue weighted by atomic mass is 32.2. The molecule has 0 amide bonds. The van der Waals surface area contributed by atoms with Gasteiger partial charge < -0.3 is 15.5 Å². The van der Waals surface area contributed by atoms with Crippen molar-refractivity contribution in [1.29, 1.82) is 0 Å². The van der Waals surface area contributed by atoms with Gasteiger partial charge >= 0.3 is 0 Å². The van der Waals surface area contributed by atoms with E-state index in [0.717, 1.165) is 12.1 Å². The van der Waals surface area contributed by atoms with Gasteiger partial charge in [-0.2, -0.15) is 11.8 Å². The second-order valence-corrected chi connectivity index (χ2v) is 6.12. The lowest BCUT2D eigenvalue weighted by Gasteiger charge is -2.15. The zero-order chi connectivity index (χ0) is 13.2. The van der Waals surface area contributed by atoms with E-state index < -0.39 is 0 Å². The van der Waals surface area contributed by atoms with Crippen LogP contribution < -0.4 is 5.32 Å². The lowest BCUT2D eigenvalue weighted by Crippen LogP contribution is -2.26. The first-order valence-electron chi connectivity index (χ1n) is 6.15. The van der Waals surface area contributed by atoms with Crippen LogP contribution in [0.25, 0.3) is 0 Å². The van der Waals surface area contributed by atoms with Crippen LogP contribution in [0.2, 0.25) is 0 Å². The van der Waals surface area contributed by atoms with Crippen LogP contribution >= 0.6 is 11.8 Å². The molecule has 3 N–H and O–H groups in total. The summed E-state index contributed by atoms with van der Waals surface area (Å²) in [6, 6.07) is 0. The normalized spacial score (nSPS) is 16.8. The maximum absolute atomic E-state index is 9.99. The first kappa shape index (κ1) is 13.6. The predicted molar refractivity (Wildman–Crippen MR) is 73.7 cm³/mol. The van der Waals surface area contributed by atoms with Crippen molar-refractivity contribution in [3.63, 3.8) is 0 Å². The minimum Gasteiger partial charge on any atom is -0.506 e. The molecule has 1 aromatic heterocycles. The molecule has 0 spiro atoms. The lowest BCUT2D eigenvalue weighted by molar-refractivity contribution is 0.278. The monoisotopic (exact) mass is 268 g/mol. The summed E-state index contributed by atoms with van der Waals surface area (Å²) >= 11 is 1.90. The molecular formula is C13H20N2O2S. The predicted octanol–water partition coefficient (Wildman–Crippen LogP) is 1.57. The largest absolute Gasteiger partial charge is 0.506 e. The number of nitrogens with zero attached hydrogens (tertiary/aromatic N) is 1. The van der Waals surface area contributed by atoms with Gasteiger partial charge in [0.05, 0.1) is 12.3 Å². The third-order valence-electron chi connectivity index (χ3n) is 3.59. The number of aliphatic hydroxyl groups excluding tert-OH is 1.